The molecule has 3 nitrogen and oxygen atoms in total. The predicted octanol–water partition coefficient (Wildman–Crippen LogP) is 1.45. The quantitative estimate of drug-likeness (QED) is 0.663. The first-order chi connectivity index (χ1) is 5.34. The monoisotopic (exact) mass is 150 g/mol. The molecule has 0 spiro atoms. The number of nitroso groups, excluding NO2 is 1. The van der Waals surface area contributed by atoms with Gasteiger partial charge >= 0.3 is 0 Å². The van der Waals surface area contributed by atoms with Crippen molar-refractivity contribution in [3.8, 4) is 0 Å². The van der Waals surface area contributed by atoms with Gasteiger partial charge in [0.2, 0.25) is 0 Å². The highest BCUT2D eigenvalue weighted by Crippen LogP contribution is 2.08. The summed E-state index contributed by atoms with van der Waals surface area (Å²) >= 11 is 0. The van der Waals surface area contributed by atoms with Gasteiger partial charge in [-0.05, 0) is 5.56 Å². The maximum Gasteiger partial charge on any atom is 0.100 e. The molecule has 0 heterocycles. The van der Waals surface area contributed by atoms with Crippen LogP contribution in [-0.2, 0) is 0 Å². The van der Waals surface area contributed by atoms with Crippen molar-refractivity contribution in [1.82, 2.24) is 0 Å². The lowest BCUT2D eigenvalue weighted by molar-refractivity contribution is 0.735. The SMILES string of the molecule is NC(CN=O)c1ccccc1. The van der Waals surface area contributed by atoms with Crippen LogP contribution in [0, 0.1) is 4.91 Å². The molecule has 1 aromatic carbocycles. The molecule has 0 radical (unpaired) electrons. The zero-order valence-electron chi connectivity index (χ0n) is 6.10. The number of hydrogen-bond acceptors (Lipinski definition) is 3. The Balaban J connectivity index is 2.68. The molecule has 0 aliphatic heterocycles. The lowest BCUT2D eigenvalue weighted by Crippen LogP contribution is -2.12. The molecule has 0 aromatic heterocycles. The highest BCUT2D eigenvalue weighted by Gasteiger charge is 2.03. The smallest absolute Gasteiger partial charge is 0.100 e. The van der Waals surface area contributed by atoms with Gasteiger partial charge in [-0.25, -0.2) is 0 Å². The van der Waals surface area contributed by atoms with Gasteiger partial charge in [-0.15, -0.1) is 0 Å². The van der Waals surface area contributed by atoms with Crippen molar-refractivity contribution < 1.29 is 0 Å². The van der Waals surface area contributed by atoms with Crippen molar-refractivity contribution in [2.45, 2.75) is 6.04 Å². The molecule has 0 amide bonds. The van der Waals surface area contributed by atoms with Crippen molar-refractivity contribution in [2.75, 3.05) is 6.54 Å². The summed E-state index contributed by atoms with van der Waals surface area (Å²) < 4.78 is 0. The summed E-state index contributed by atoms with van der Waals surface area (Å²) in [6, 6.07) is 9.20. The molecule has 11 heavy (non-hydrogen) atoms. The van der Waals surface area contributed by atoms with Gasteiger partial charge in [0.1, 0.15) is 6.54 Å². The van der Waals surface area contributed by atoms with Crippen molar-refractivity contribution in [3.63, 3.8) is 0 Å². The largest absolute Gasteiger partial charge is 0.322 e. The van der Waals surface area contributed by atoms with Crippen LogP contribution in [0.5, 0.6) is 0 Å². The topological polar surface area (TPSA) is 55.4 Å². The summed E-state index contributed by atoms with van der Waals surface area (Å²) in [7, 11) is 0. The maximum atomic E-state index is 9.86. The van der Waals surface area contributed by atoms with Crippen LogP contribution in [-0.4, -0.2) is 6.54 Å². The fourth-order valence-electron chi connectivity index (χ4n) is 0.886. The van der Waals surface area contributed by atoms with E-state index in [2.05, 4.69) is 5.18 Å². The Labute approximate surface area is 65.2 Å². The van der Waals surface area contributed by atoms with Gasteiger partial charge in [0, 0.05) is 0 Å². The van der Waals surface area contributed by atoms with E-state index in [4.69, 9.17) is 5.73 Å². The number of hydrogen-bond donors (Lipinski definition) is 1. The minimum absolute atomic E-state index is 0.143. The number of nitrogens with zero attached hydrogens (tertiary/aromatic N) is 1. The highest BCUT2D eigenvalue weighted by atomic mass is 16.3. The summed E-state index contributed by atoms with van der Waals surface area (Å²) in [5.74, 6) is 0. The maximum absolute atomic E-state index is 9.86. The second kappa shape index (κ2) is 3.83. The minimum Gasteiger partial charge on any atom is -0.322 e. The average Bonchev–Trinajstić information content (AvgIpc) is 2.07. The predicted molar refractivity (Wildman–Crippen MR) is 44.0 cm³/mol. The number of benzene rings is 1. The molecule has 1 rings (SSSR count). The molecule has 0 aliphatic rings. The van der Waals surface area contributed by atoms with E-state index in [-0.39, 0.29) is 12.6 Å². The molecular formula is C8H10N2O. The lowest BCUT2D eigenvalue weighted by Gasteiger charge is -2.05. The van der Waals surface area contributed by atoms with Crippen LogP contribution in [0.2, 0.25) is 0 Å². The fraction of sp³-hybridized carbons (Fsp3) is 0.250. The van der Waals surface area contributed by atoms with Crippen molar-refractivity contribution in [2.24, 2.45) is 10.9 Å². The van der Waals surface area contributed by atoms with Crippen molar-refractivity contribution in [3.05, 3.63) is 40.8 Å². The van der Waals surface area contributed by atoms with E-state index in [0.29, 0.717) is 0 Å². The van der Waals surface area contributed by atoms with Gasteiger partial charge in [-0.2, -0.15) is 4.91 Å². The van der Waals surface area contributed by atoms with Gasteiger partial charge in [0.25, 0.3) is 0 Å². The first kappa shape index (κ1) is 7.88. The Morgan fingerprint density at radius 2 is 2.00 bits per heavy atom. The second-order valence-electron chi connectivity index (χ2n) is 2.33. The first-order valence-electron chi connectivity index (χ1n) is 3.44. The molecule has 3 heteroatoms. The standard InChI is InChI=1S/C8H10N2O/c9-8(6-10-11)7-4-2-1-3-5-7/h1-5,8H,6,9H2. The molecule has 58 valence electrons. The lowest BCUT2D eigenvalue weighted by atomic mass is 10.1. The molecule has 0 fully saturated rings. The van der Waals surface area contributed by atoms with Crippen LogP contribution in [0.4, 0.5) is 0 Å². The molecular weight excluding hydrogens is 140 g/mol. The normalized spacial score (nSPS) is 12.5. The molecule has 1 unspecified atom stereocenters. The van der Waals surface area contributed by atoms with Gasteiger partial charge in [-0.1, -0.05) is 35.5 Å². The Kier molecular flexibility index (Phi) is 2.74. The van der Waals surface area contributed by atoms with Crippen LogP contribution in [0.25, 0.3) is 0 Å². The van der Waals surface area contributed by atoms with E-state index >= 15 is 0 Å². The Morgan fingerprint density at radius 3 is 2.55 bits per heavy atom. The fourth-order valence-corrected chi connectivity index (χ4v) is 0.886. The van der Waals surface area contributed by atoms with E-state index in [1.807, 2.05) is 30.3 Å². The van der Waals surface area contributed by atoms with Crippen molar-refractivity contribution in [1.29, 1.82) is 0 Å². The molecule has 2 N–H and O–H groups in total. The van der Waals surface area contributed by atoms with Gasteiger partial charge in [0.05, 0.1) is 6.04 Å². The first-order valence-corrected chi connectivity index (χ1v) is 3.44. The number of rotatable bonds is 3. The molecule has 0 bridgehead atoms. The van der Waals surface area contributed by atoms with E-state index in [1.54, 1.807) is 0 Å². The average molecular weight is 150 g/mol. The zero-order chi connectivity index (χ0) is 8.10. The number of nitrogens with two attached hydrogens (primary N) is 1. The third kappa shape index (κ3) is 2.13. The van der Waals surface area contributed by atoms with Gasteiger partial charge < -0.3 is 5.73 Å². The third-order valence-corrected chi connectivity index (χ3v) is 1.50. The summed E-state index contributed by atoms with van der Waals surface area (Å²) in [5.41, 5.74) is 6.56. The Hall–Kier alpha value is -1.22. The van der Waals surface area contributed by atoms with Crippen LogP contribution < -0.4 is 5.73 Å². The summed E-state index contributed by atoms with van der Waals surface area (Å²) in [4.78, 5) is 9.86. The van der Waals surface area contributed by atoms with Crippen LogP contribution in [0.15, 0.2) is 35.5 Å². The second-order valence-corrected chi connectivity index (χ2v) is 2.33. The van der Waals surface area contributed by atoms with Crippen LogP contribution in [0.1, 0.15) is 11.6 Å². The third-order valence-electron chi connectivity index (χ3n) is 1.50. The van der Waals surface area contributed by atoms with E-state index in [1.165, 1.54) is 0 Å². The minimum atomic E-state index is -0.256. The van der Waals surface area contributed by atoms with Crippen LogP contribution in [0.3, 0.4) is 0 Å². The summed E-state index contributed by atoms with van der Waals surface area (Å²) in [5, 5.41) is 2.74. The molecule has 0 saturated heterocycles. The highest BCUT2D eigenvalue weighted by molar-refractivity contribution is 5.18. The molecule has 0 saturated carbocycles. The zero-order valence-corrected chi connectivity index (χ0v) is 6.10. The van der Waals surface area contributed by atoms with Crippen LogP contribution >= 0.6 is 0 Å². The molecule has 1 atom stereocenters. The van der Waals surface area contributed by atoms with E-state index in [9.17, 15) is 4.91 Å². The summed E-state index contributed by atoms with van der Waals surface area (Å²) in [6.45, 7) is 0.143. The molecule has 0 aliphatic carbocycles. The van der Waals surface area contributed by atoms with E-state index < -0.39 is 0 Å². The van der Waals surface area contributed by atoms with Gasteiger partial charge in [0.15, 0.2) is 0 Å². The van der Waals surface area contributed by atoms with E-state index in [0.717, 1.165) is 5.56 Å². The Morgan fingerprint density at radius 1 is 1.36 bits per heavy atom. The summed E-state index contributed by atoms with van der Waals surface area (Å²) in [6.07, 6.45) is 0. The molecule has 1 aromatic rings. The Bertz CT molecular complexity index is 223. The van der Waals surface area contributed by atoms with Crippen molar-refractivity contribution >= 4 is 0 Å². The van der Waals surface area contributed by atoms with Gasteiger partial charge in [-0.3, -0.25) is 0 Å².